The van der Waals surface area contributed by atoms with Crippen LogP contribution in [0.15, 0.2) is 36.4 Å². The number of ether oxygens (including phenoxy) is 1. The number of nitrogens with zero attached hydrogens (tertiary/aromatic N) is 3. The summed E-state index contributed by atoms with van der Waals surface area (Å²) in [6.45, 7) is 8.43. The summed E-state index contributed by atoms with van der Waals surface area (Å²) in [6.07, 6.45) is -0.242. The molecule has 0 atom stereocenters. The van der Waals surface area contributed by atoms with Gasteiger partial charge in [-0.1, -0.05) is 30.3 Å². The first-order chi connectivity index (χ1) is 11.4. The summed E-state index contributed by atoms with van der Waals surface area (Å²) in [4.78, 5) is 16.1. The molecule has 2 heterocycles. The molecular weight excluding hydrogens is 304 g/mol. The Hall–Kier alpha value is -2.50. The Labute approximate surface area is 142 Å². The van der Waals surface area contributed by atoms with Gasteiger partial charge in [-0.25, -0.2) is 4.79 Å². The highest BCUT2D eigenvalue weighted by Gasteiger charge is 2.26. The predicted octanol–water partition coefficient (Wildman–Crippen LogP) is 3.13. The summed E-state index contributed by atoms with van der Waals surface area (Å²) in [5, 5.41) is 7.50. The Bertz CT molecular complexity index is 683. The Balaban J connectivity index is 1.59. The second kappa shape index (κ2) is 6.55. The highest BCUT2D eigenvalue weighted by molar-refractivity contribution is 5.69. The van der Waals surface area contributed by atoms with Crippen LogP contribution in [0.2, 0.25) is 0 Å². The zero-order chi connectivity index (χ0) is 17.2. The van der Waals surface area contributed by atoms with E-state index in [9.17, 15) is 4.79 Å². The van der Waals surface area contributed by atoms with E-state index in [1.165, 1.54) is 0 Å². The van der Waals surface area contributed by atoms with E-state index in [1.54, 1.807) is 4.90 Å². The summed E-state index contributed by atoms with van der Waals surface area (Å²) in [5.74, 6) is 0.915. The molecule has 0 aliphatic carbocycles. The summed E-state index contributed by atoms with van der Waals surface area (Å²) < 4.78 is 5.43. The maximum atomic E-state index is 12.1. The molecule has 6 nitrogen and oxygen atoms in total. The number of H-pyrrole nitrogens is 1. The molecular formula is C18H24N4O2. The number of amides is 1. The molecule has 1 fully saturated rings. The van der Waals surface area contributed by atoms with E-state index in [0.29, 0.717) is 13.1 Å². The van der Waals surface area contributed by atoms with E-state index < -0.39 is 5.60 Å². The molecule has 24 heavy (non-hydrogen) atoms. The van der Waals surface area contributed by atoms with Gasteiger partial charge in [0.25, 0.3) is 0 Å². The molecule has 1 N–H and O–H groups in total. The van der Waals surface area contributed by atoms with Crippen molar-refractivity contribution in [2.24, 2.45) is 0 Å². The predicted molar refractivity (Wildman–Crippen MR) is 94.0 cm³/mol. The van der Waals surface area contributed by atoms with Crippen LogP contribution in [0.25, 0.3) is 11.3 Å². The molecule has 3 rings (SSSR count). The SMILES string of the molecule is CC(C)(C)OC(=O)N1CCN(c2cc(-c3ccccc3)[nH]n2)CC1. The van der Waals surface area contributed by atoms with Gasteiger partial charge < -0.3 is 14.5 Å². The smallest absolute Gasteiger partial charge is 0.410 e. The number of anilines is 1. The monoisotopic (exact) mass is 328 g/mol. The second-order valence-corrected chi connectivity index (χ2v) is 6.96. The lowest BCUT2D eigenvalue weighted by molar-refractivity contribution is 0.0240. The summed E-state index contributed by atoms with van der Waals surface area (Å²) >= 11 is 0. The van der Waals surface area contributed by atoms with E-state index in [-0.39, 0.29) is 6.09 Å². The molecule has 0 spiro atoms. The van der Waals surface area contributed by atoms with E-state index in [4.69, 9.17) is 4.74 Å². The maximum Gasteiger partial charge on any atom is 0.410 e. The molecule has 1 aromatic carbocycles. The van der Waals surface area contributed by atoms with Crippen LogP contribution >= 0.6 is 0 Å². The van der Waals surface area contributed by atoms with Gasteiger partial charge in [-0.15, -0.1) is 0 Å². The fourth-order valence-corrected chi connectivity index (χ4v) is 2.68. The van der Waals surface area contributed by atoms with Crippen molar-refractivity contribution in [3.05, 3.63) is 36.4 Å². The van der Waals surface area contributed by atoms with Crippen LogP contribution in [0.1, 0.15) is 20.8 Å². The maximum absolute atomic E-state index is 12.1. The van der Waals surface area contributed by atoms with Crippen LogP contribution in [0.3, 0.4) is 0 Å². The average molecular weight is 328 g/mol. The molecule has 128 valence electrons. The van der Waals surface area contributed by atoms with E-state index in [1.807, 2.05) is 39.0 Å². The number of benzene rings is 1. The Morgan fingerprint density at radius 3 is 2.42 bits per heavy atom. The van der Waals surface area contributed by atoms with Gasteiger partial charge in [-0.3, -0.25) is 5.10 Å². The van der Waals surface area contributed by atoms with Crippen LogP contribution in [0.5, 0.6) is 0 Å². The first kappa shape index (κ1) is 16.4. The molecule has 1 aliphatic heterocycles. The molecule has 0 unspecified atom stereocenters. The van der Waals surface area contributed by atoms with Crippen molar-refractivity contribution in [3.8, 4) is 11.3 Å². The fourth-order valence-electron chi connectivity index (χ4n) is 2.68. The topological polar surface area (TPSA) is 61.5 Å². The molecule has 2 aromatic rings. The average Bonchev–Trinajstić information content (AvgIpc) is 3.04. The van der Waals surface area contributed by atoms with Gasteiger partial charge in [0, 0.05) is 32.2 Å². The van der Waals surface area contributed by atoms with Gasteiger partial charge in [-0.2, -0.15) is 5.10 Å². The van der Waals surface area contributed by atoms with Gasteiger partial charge in [0.1, 0.15) is 5.60 Å². The van der Waals surface area contributed by atoms with Crippen molar-refractivity contribution >= 4 is 11.9 Å². The minimum Gasteiger partial charge on any atom is -0.444 e. The highest BCUT2D eigenvalue weighted by atomic mass is 16.6. The van der Waals surface area contributed by atoms with Crippen LogP contribution in [-0.2, 0) is 4.74 Å². The van der Waals surface area contributed by atoms with Crippen LogP contribution < -0.4 is 4.90 Å². The Morgan fingerprint density at radius 2 is 1.79 bits per heavy atom. The van der Waals surface area contributed by atoms with Crippen LogP contribution in [0, 0.1) is 0 Å². The molecule has 1 aliphatic rings. The minimum atomic E-state index is -0.457. The van der Waals surface area contributed by atoms with E-state index in [0.717, 1.165) is 30.2 Å². The lowest BCUT2D eigenvalue weighted by atomic mass is 10.1. The molecule has 0 radical (unpaired) electrons. The van der Waals surface area contributed by atoms with Gasteiger partial charge in [0.05, 0.1) is 5.69 Å². The number of hydrogen-bond acceptors (Lipinski definition) is 4. The number of hydrogen-bond donors (Lipinski definition) is 1. The third kappa shape index (κ3) is 3.88. The van der Waals surface area contributed by atoms with Crippen molar-refractivity contribution < 1.29 is 9.53 Å². The number of aromatic amines is 1. The van der Waals surface area contributed by atoms with Crippen LogP contribution in [0.4, 0.5) is 10.6 Å². The first-order valence-corrected chi connectivity index (χ1v) is 8.26. The van der Waals surface area contributed by atoms with E-state index in [2.05, 4.69) is 33.3 Å². The lowest BCUT2D eigenvalue weighted by Crippen LogP contribution is -2.50. The summed E-state index contributed by atoms with van der Waals surface area (Å²) in [5.41, 5.74) is 1.66. The lowest BCUT2D eigenvalue weighted by Gasteiger charge is -2.35. The van der Waals surface area contributed by atoms with Crippen molar-refractivity contribution in [3.63, 3.8) is 0 Å². The van der Waals surface area contributed by atoms with Gasteiger partial charge >= 0.3 is 6.09 Å². The Morgan fingerprint density at radius 1 is 1.12 bits per heavy atom. The van der Waals surface area contributed by atoms with Crippen molar-refractivity contribution in [1.29, 1.82) is 0 Å². The quantitative estimate of drug-likeness (QED) is 0.920. The van der Waals surface area contributed by atoms with Crippen LogP contribution in [-0.4, -0.2) is 53.0 Å². The third-order valence-corrected chi connectivity index (χ3v) is 3.90. The molecule has 6 heteroatoms. The second-order valence-electron chi connectivity index (χ2n) is 6.96. The van der Waals surface area contributed by atoms with Gasteiger partial charge in [-0.05, 0) is 26.3 Å². The minimum absolute atomic E-state index is 0.242. The van der Waals surface area contributed by atoms with Gasteiger partial charge in [0.2, 0.25) is 0 Å². The van der Waals surface area contributed by atoms with Crippen molar-refractivity contribution in [2.45, 2.75) is 26.4 Å². The number of nitrogens with one attached hydrogen (secondary N) is 1. The Kier molecular flexibility index (Phi) is 4.46. The van der Waals surface area contributed by atoms with Crippen molar-refractivity contribution in [2.75, 3.05) is 31.1 Å². The number of piperazine rings is 1. The summed E-state index contributed by atoms with van der Waals surface area (Å²) in [7, 11) is 0. The number of aromatic nitrogens is 2. The third-order valence-electron chi connectivity index (χ3n) is 3.90. The largest absolute Gasteiger partial charge is 0.444 e. The molecule has 0 saturated carbocycles. The van der Waals surface area contributed by atoms with E-state index >= 15 is 0 Å². The number of carbonyl (C=O) groups excluding carboxylic acids is 1. The first-order valence-electron chi connectivity index (χ1n) is 8.26. The number of rotatable bonds is 2. The highest BCUT2D eigenvalue weighted by Crippen LogP contribution is 2.22. The molecule has 1 aromatic heterocycles. The normalized spacial score (nSPS) is 15.5. The number of carbonyl (C=O) groups is 1. The van der Waals surface area contributed by atoms with Gasteiger partial charge in [0.15, 0.2) is 5.82 Å². The zero-order valence-electron chi connectivity index (χ0n) is 14.5. The summed E-state index contributed by atoms with van der Waals surface area (Å²) in [6, 6.07) is 12.2. The zero-order valence-corrected chi connectivity index (χ0v) is 14.5. The molecule has 0 bridgehead atoms. The molecule has 1 saturated heterocycles. The standard InChI is InChI=1S/C18H24N4O2/c1-18(2,3)24-17(23)22-11-9-21(10-12-22)16-13-15(19-20-16)14-7-5-4-6-8-14/h4-8,13H,9-12H2,1-3H3,(H,19,20). The fraction of sp³-hybridized carbons (Fsp3) is 0.444. The molecule has 1 amide bonds. The van der Waals surface area contributed by atoms with Crippen molar-refractivity contribution in [1.82, 2.24) is 15.1 Å².